The lowest BCUT2D eigenvalue weighted by atomic mass is 9.92. The van der Waals surface area contributed by atoms with Crippen molar-refractivity contribution in [2.75, 3.05) is 65.8 Å². The number of rotatable bonds is 5. The lowest BCUT2D eigenvalue weighted by molar-refractivity contribution is 0.355. The van der Waals surface area contributed by atoms with Crippen molar-refractivity contribution in [2.24, 2.45) is 11.8 Å². The third kappa shape index (κ3) is 5.59. The molecule has 1 aromatic heterocycles. The molecule has 2 atom stereocenters. The molecule has 0 aliphatic carbocycles. The van der Waals surface area contributed by atoms with Crippen molar-refractivity contribution < 1.29 is 0 Å². The van der Waals surface area contributed by atoms with E-state index in [0.29, 0.717) is 22.9 Å². The highest BCUT2D eigenvalue weighted by Gasteiger charge is 2.25. The number of anilines is 4. The van der Waals surface area contributed by atoms with Gasteiger partial charge in [-0.25, -0.2) is 0 Å². The molecule has 2 N–H and O–H groups in total. The molecule has 2 aromatic rings. The lowest BCUT2D eigenvalue weighted by Gasteiger charge is -2.38. The van der Waals surface area contributed by atoms with E-state index in [4.69, 9.17) is 22.2 Å². The van der Waals surface area contributed by atoms with Crippen LogP contribution >= 0.6 is 12.2 Å². The van der Waals surface area contributed by atoms with Crippen LogP contribution in [0.2, 0.25) is 0 Å². The number of hydrogen-bond donors (Lipinski definition) is 2. The summed E-state index contributed by atoms with van der Waals surface area (Å²) in [6.45, 7) is 13.3. The van der Waals surface area contributed by atoms with E-state index in [1.807, 2.05) is 6.92 Å². The summed E-state index contributed by atoms with van der Waals surface area (Å²) in [4.78, 5) is 16.9. The zero-order chi connectivity index (χ0) is 22.5. The smallest absolute Gasteiger partial charge is 0.232 e. The van der Waals surface area contributed by atoms with Crippen molar-refractivity contribution in [3.63, 3.8) is 0 Å². The summed E-state index contributed by atoms with van der Waals surface area (Å²) >= 11 is 5.41. The average molecular weight is 454 g/mol. The zero-order valence-electron chi connectivity index (χ0n) is 19.4. The summed E-state index contributed by atoms with van der Waals surface area (Å²) in [6.07, 6.45) is 1.27. The van der Waals surface area contributed by atoms with Gasteiger partial charge in [-0.2, -0.15) is 9.97 Å². The first-order chi connectivity index (χ1) is 15.5. The van der Waals surface area contributed by atoms with Gasteiger partial charge in [-0.15, -0.1) is 0 Å². The Morgan fingerprint density at radius 2 is 1.53 bits per heavy atom. The van der Waals surface area contributed by atoms with Crippen molar-refractivity contribution in [1.29, 1.82) is 0 Å². The van der Waals surface area contributed by atoms with Gasteiger partial charge in [0.2, 0.25) is 5.95 Å². The number of hydrogen-bond acceptors (Lipinski definition) is 6. The van der Waals surface area contributed by atoms with Crippen LogP contribution < -0.4 is 25.3 Å². The van der Waals surface area contributed by atoms with Gasteiger partial charge >= 0.3 is 0 Å². The van der Waals surface area contributed by atoms with Crippen LogP contribution in [0.25, 0.3) is 0 Å². The van der Waals surface area contributed by atoms with Gasteiger partial charge in [-0.05, 0) is 49.5 Å². The third-order valence-electron chi connectivity index (χ3n) is 6.18. The fourth-order valence-electron chi connectivity index (χ4n) is 4.79. The van der Waals surface area contributed by atoms with Crippen molar-refractivity contribution in [3.05, 3.63) is 36.4 Å². The number of aromatic nitrogens is 2. The lowest BCUT2D eigenvalue weighted by Crippen LogP contribution is -2.47. The zero-order valence-corrected chi connectivity index (χ0v) is 20.2. The van der Waals surface area contributed by atoms with Crippen LogP contribution in [0.4, 0.5) is 23.3 Å². The molecular formula is C24H35N7S. The minimum Gasteiger partial charge on any atom is -0.368 e. The van der Waals surface area contributed by atoms with Crippen LogP contribution in [-0.4, -0.2) is 60.9 Å². The Hall–Kier alpha value is -2.61. The van der Waals surface area contributed by atoms with Crippen LogP contribution in [0.3, 0.4) is 0 Å². The maximum atomic E-state index is 5.41. The summed E-state index contributed by atoms with van der Waals surface area (Å²) in [6, 6.07) is 12.8. The van der Waals surface area contributed by atoms with E-state index in [1.165, 1.54) is 12.1 Å². The quantitative estimate of drug-likeness (QED) is 0.666. The monoisotopic (exact) mass is 453 g/mol. The first kappa shape index (κ1) is 22.6. The van der Waals surface area contributed by atoms with Crippen molar-refractivity contribution in [2.45, 2.75) is 27.2 Å². The minimum atomic E-state index is 0.560. The normalized spacial score (nSPS) is 21.4. The Morgan fingerprint density at radius 1 is 0.938 bits per heavy atom. The molecule has 7 nitrogen and oxygen atoms in total. The Morgan fingerprint density at radius 3 is 2.16 bits per heavy atom. The summed E-state index contributed by atoms with van der Waals surface area (Å²) in [5, 5.41) is 6.89. The molecule has 2 aliphatic heterocycles. The SMILES string of the molecule is CCNC(=S)Nc1nc(N2CCN(c3ccccc3)CC2)cc(N2C[C@H](C)C[C@H](C)C2)n1. The molecule has 0 bridgehead atoms. The second-order valence-electron chi connectivity index (χ2n) is 9.05. The van der Waals surface area contributed by atoms with Gasteiger partial charge in [0.25, 0.3) is 0 Å². The fourth-order valence-corrected chi connectivity index (χ4v) is 5.03. The molecule has 0 amide bonds. The molecular weight excluding hydrogens is 418 g/mol. The summed E-state index contributed by atoms with van der Waals surface area (Å²) in [5.41, 5.74) is 1.28. The Labute approximate surface area is 197 Å². The molecule has 4 rings (SSSR count). The van der Waals surface area contributed by atoms with Crippen LogP contribution in [-0.2, 0) is 0 Å². The summed E-state index contributed by atoms with van der Waals surface area (Å²) in [5.74, 6) is 3.84. The molecule has 0 radical (unpaired) electrons. The molecule has 0 saturated carbocycles. The predicted molar refractivity (Wildman–Crippen MR) is 138 cm³/mol. The second-order valence-corrected chi connectivity index (χ2v) is 9.46. The first-order valence-corrected chi connectivity index (χ1v) is 12.2. The number of nitrogens with zero attached hydrogens (tertiary/aromatic N) is 5. The number of piperidine rings is 1. The van der Waals surface area contributed by atoms with E-state index < -0.39 is 0 Å². The third-order valence-corrected chi connectivity index (χ3v) is 6.43. The maximum Gasteiger partial charge on any atom is 0.232 e. The maximum absolute atomic E-state index is 5.41. The highest BCUT2D eigenvalue weighted by atomic mass is 32.1. The highest BCUT2D eigenvalue weighted by Crippen LogP contribution is 2.29. The van der Waals surface area contributed by atoms with Crippen LogP contribution in [0.5, 0.6) is 0 Å². The number of para-hydroxylation sites is 1. The standard InChI is InChI=1S/C24H35N7S/c1-4-25-24(32)28-23-26-21(15-22(27-23)31-16-18(2)14-19(3)17-31)30-12-10-29(11-13-30)20-8-6-5-7-9-20/h5-9,15,18-19H,4,10-14,16-17H2,1-3H3,(H2,25,26,27,28,32)/t18-,19+. The van der Waals surface area contributed by atoms with Gasteiger partial charge in [0.1, 0.15) is 11.6 Å². The summed E-state index contributed by atoms with van der Waals surface area (Å²) in [7, 11) is 0. The molecule has 172 valence electrons. The van der Waals surface area contributed by atoms with E-state index in [0.717, 1.165) is 57.4 Å². The average Bonchev–Trinajstić information content (AvgIpc) is 2.79. The molecule has 3 heterocycles. The van der Waals surface area contributed by atoms with Gasteiger partial charge < -0.3 is 25.3 Å². The van der Waals surface area contributed by atoms with Gasteiger partial charge in [-0.3, -0.25) is 0 Å². The molecule has 0 spiro atoms. The molecule has 2 fully saturated rings. The topological polar surface area (TPSA) is 59.6 Å². The largest absolute Gasteiger partial charge is 0.368 e. The highest BCUT2D eigenvalue weighted by molar-refractivity contribution is 7.80. The number of piperazine rings is 1. The molecule has 32 heavy (non-hydrogen) atoms. The van der Waals surface area contributed by atoms with Gasteiger partial charge in [-0.1, -0.05) is 32.0 Å². The predicted octanol–water partition coefficient (Wildman–Crippen LogP) is 3.59. The number of benzene rings is 1. The van der Waals surface area contributed by atoms with Crippen LogP contribution in [0.1, 0.15) is 27.2 Å². The van der Waals surface area contributed by atoms with Crippen molar-refractivity contribution in [1.82, 2.24) is 15.3 Å². The van der Waals surface area contributed by atoms with Gasteiger partial charge in [0.15, 0.2) is 5.11 Å². The van der Waals surface area contributed by atoms with Crippen LogP contribution in [0.15, 0.2) is 36.4 Å². The Kier molecular flexibility index (Phi) is 7.29. The van der Waals surface area contributed by atoms with E-state index in [1.54, 1.807) is 0 Å². The van der Waals surface area contributed by atoms with Gasteiger partial charge in [0, 0.05) is 57.6 Å². The van der Waals surface area contributed by atoms with Crippen molar-refractivity contribution in [3.8, 4) is 0 Å². The van der Waals surface area contributed by atoms with Gasteiger partial charge in [0.05, 0.1) is 0 Å². The summed E-state index contributed by atoms with van der Waals surface area (Å²) < 4.78 is 0. The van der Waals surface area contributed by atoms with E-state index in [2.05, 4.69) is 75.6 Å². The number of thiocarbonyl (C=S) groups is 1. The molecule has 2 aliphatic rings. The minimum absolute atomic E-state index is 0.560. The Balaban J connectivity index is 1.54. The van der Waals surface area contributed by atoms with E-state index >= 15 is 0 Å². The first-order valence-electron chi connectivity index (χ1n) is 11.8. The molecule has 8 heteroatoms. The van der Waals surface area contributed by atoms with E-state index in [9.17, 15) is 0 Å². The number of nitrogens with one attached hydrogen (secondary N) is 2. The molecule has 1 aromatic carbocycles. The van der Waals surface area contributed by atoms with Crippen molar-refractivity contribution >= 4 is 40.6 Å². The molecule has 0 unspecified atom stereocenters. The van der Waals surface area contributed by atoms with Crippen LogP contribution in [0, 0.1) is 11.8 Å². The second kappa shape index (κ2) is 10.3. The Bertz CT molecular complexity index is 888. The fraction of sp³-hybridized carbons (Fsp3) is 0.542. The molecule has 2 saturated heterocycles. The van der Waals surface area contributed by atoms with E-state index in [-0.39, 0.29) is 0 Å².